The molecule has 0 bridgehead atoms. The molecule has 1 amide bonds. The first-order chi connectivity index (χ1) is 9.72. The summed E-state index contributed by atoms with van der Waals surface area (Å²) in [5.41, 5.74) is 0.502. The van der Waals surface area contributed by atoms with Gasteiger partial charge in [0, 0.05) is 54.6 Å². The van der Waals surface area contributed by atoms with E-state index in [1.807, 2.05) is 0 Å². The summed E-state index contributed by atoms with van der Waals surface area (Å²) in [6.45, 7) is 1.78. The largest absolute Gasteiger partial charge is 0.376 e. The lowest BCUT2D eigenvalue weighted by molar-refractivity contribution is -0.384. The molecule has 0 saturated heterocycles. The zero-order valence-electron chi connectivity index (χ0n) is 12.5. The number of carbonyl (C=O) groups is 1. The maximum atomic E-state index is 11.9. The molecule has 21 heavy (non-hydrogen) atoms. The topological polar surface area (TPSA) is 92.6 Å². The minimum absolute atomic E-state index is 0.112. The Kier molecular flexibility index (Phi) is 5.83. The van der Waals surface area contributed by atoms with Crippen LogP contribution < -0.4 is 5.32 Å². The van der Waals surface area contributed by atoms with Crippen LogP contribution in [0.3, 0.4) is 0 Å². The quantitative estimate of drug-likeness (QED) is 0.634. The highest BCUT2D eigenvalue weighted by Crippen LogP contribution is 2.26. The van der Waals surface area contributed by atoms with E-state index in [1.54, 1.807) is 27.3 Å². The average molecular weight is 313 g/mol. The third-order valence-electron chi connectivity index (χ3n) is 2.73. The number of anilines is 1. The molecular weight excluding hydrogens is 294 g/mol. The van der Waals surface area contributed by atoms with Crippen molar-refractivity contribution in [1.29, 1.82) is 0 Å². The van der Waals surface area contributed by atoms with Crippen LogP contribution in [0, 0.1) is 10.1 Å². The SMILES string of the molecule is CC(CS(C)=O)Nc1cc(C(=O)N(C)C)ccc1[N+](=O)[O-]. The van der Waals surface area contributed by atoms with E-state index < -0.39 is 15.7 Å². The van der Waals surface area contributed by atoms with Crippen LogP contribution in [-0.4, -0.2) is 52.1 Å². The lowest BCUT2D eigenvalue weighted by Gasteiger charge is -2.16. The van der Waals surface area contributed by atoms with Crippen molar-refractivity contribution in [3.05, 3.63) is 33.9 Å². The van der Waals surface area contributed by atoms with Crippen molar-refractivity contribution >= 4 is 28.1 Å². The van der Waals surface area contributed by atoms with Crippen LogP contribution in [0.2, 0.25) is 0 Å². The number of nitrogens with zero attached hydrogens (tertiary/aromatic N) is 2. The molecular formula is C13H19N3O4S. The summed E-state index contributed by atoms with van der Waals surface area (Å²) in [4.78, 5) is 23.9. The molecule has 0 fully saturated rings. The summed E-state index contributed by atoms with van der Waals surface area (Å²) < 4.78 is 11.2. The average Bonchev–Trinajstić information content (AvgIpc) is 2.36. The van der Waals surface area contributed by atoms with Gasteiger partial charge in [-0.25, -0.2) is 0 Å². The van der Waals surface area contributed by atoms with Gasteiger partial charge in [-0.2, -0.15) is 0 Å². The lowest BCUT2D eigenvalue weighted by atomic mass is 10.1. The standard InChI is InChI=1S/C13H19N3O4S/c1-9(8-21(4)20)14-11-7-10(13(17)15(2)3)5-6-12(11)16(18)19/h5-7,9,14H,8H2,1-4H3. The number of benzene rings is 1. The van der Waals surface area contributed by atoms with Gasteiger partial charge < -0.3 is 10.2 Å². The molecule has 0 heterocycles. The Morgan fingerprint density at radius 2 is 2.10 bits per heavy atom. The van der Waals surface area contributed by atoms with Crippen molar-refractivity contribution in [3.63, 3.8) is 0 Å². The van der Waals surface area contributed by atoms with Gasteiger partial charge in [0.05, 0.1) is 4.92 Å². The van der Waals surface area contributed by atoms with E-state index in [4.69, 9.17) is 0 Å². The summed E-state index contributed by atoms with van der Waals surface area (Å²) in [7, 11) is 2.21. The molecule has 1 N–H and O–H groups in total. The van der Waals surface area contributed by atoms with Gasteiger partial charge in [0.2, 0.25) is 0 Å². The molecule has 1 aromatic carbocycles. The van der Waals surface area contributed by atoms with Gasteiger partial charge in [-0.1, -0.05) is 0 Å². The molecule has 0 radical (unpaired) electrons. The number of nitro benzene ring substituents is 1. The van der Waals surface area contributed by atoms with Crippen molar-refractivity contribution in [1.82, 2.24) is 4.90 Å². The maximum absolute atomic E-state index is 11.9. The Morgan fingerprint density at radius 1 is 1.48 bits per heavy atom. The van der Waals surface area contributed by atoms with Gasteiger partial charge >= 0.3 is 0 Å². The van der Waals surface area contributed by atoms with E-state index in [9.17, 15) is 19.1 Å². The number of rotatable bonds is 6. The van der Waals surface area contributed by atoms with Crippen molar-refractivity contribution in [3.8, 4) is 0 Å². The highest BCUT2D eigenvalue weighted by atomic mass is 32.2. The van der Waals surface area contributed by atoms with Crippen molar-refractivity contribution in [2.75, 3.05) is 31.4 Å². The van der Waals surface area contributed by atoms with E-state index in [-0.39, 0.29) is 23.3 Å². The third kappa shape index (κ3) is 4.82. The first-order valence-electron chi connectivity index (χ1n) is 6.29. The molecule has 0 aromatic heterocycles. The van der Waals surface area contributed by atoms with Gasteiger partial charge in [-0.05, 0) is 19.1 Å². The van der Waals surface area contributed by atoms with E-state index in [2.05, 4.69) is 5.32 Å². The molecule has 1 aromatic rings. The normalized spacial score (nSPS) is 13.3. The summed E-state index contributed by atoms with van der Waals surface area (Å²) in [6, 6.07) is 3.97. The van der Waals surface area contributed by atoms with Gasteiger partial charge in [0.25, 0.3) is 11.6 Å². The Bertz CT molecular complexity index is 575. The Morgan fingerprint density at radius 3 is 2.57 bits per heavy atom. The van der Waals surface area contributed by atoms with Crippen LogP contribution in [0.15, 0.2) is 18.2 Å². The maximum Gasteiger partial charge on any atom is 0.292 e. The van der Waals surface area contributed by atoms with Crippen LogP contribution in [0.25, 0.3) is 0 Å². The first-order valence-corrected chi connectivity index (χ1v) is 8.01. The fourth-order valence-corrected chi connectivity index (χ4v) is 2.65. The lowest BCUT2D eigenvalue weighted by Crippen LogP contribution is -2.24. The number of hydrogen-bond acceptors (Lipinski definition) is 5. The minimum atomic E-state index is -1.02. The molecule has 2 unspecified atom stereocenters. The van der Waals surface area contributed by atoms with E-state index >= 15 is 0 Å². The molecule has 116 valence electrons. The van der Waals surface area contributed by atoms with Crippen LogP contribution in [0.1, 0.15) is 17.3 Å². The Balaban J connectivity index is 3.12. The van der Waals surface area contributed by atoms with E-state index in [0.717, 1.165) is 0 Å². The Labute approximate surface area is 125 Å². The highest BCUT2D eigenvalue weighted by molar-refractivity contribution is 7.84. The smallest absolute Gasteiger partial charge is 0.292 e. The third-order valence-corrected chi connectivity index (χ3v) is 3.70. The van der Waals surface area contributed by atoms with Gasteiger partial charge in [-0.3, -0.25) is 19.1 Å². The minimum Gasteiger partial charge on any atom is -0.376 e. The first kappa shape index (κ1) is 17.1. The number of carbonyl (C=O) groups excluding carboxylic acids is 1. The number of nitrogens with one attached hydrogen (secondary N) is 1. The van der Waals surface area contributed by atoms with Crippen molar-refractivity contribution in [2.45, 2.75) is 13.0 Å². The number of hydrogen-bond donors (Lipinski definition) is 1. The predicted octanol–water partition coefficient (Wildman–Crippen LogP) is 1.48. The van der Waals surface area contributed by atoms with Gasteiger partial charge in [-0.15, -0.1) is 0 Å². The number of amides is 1. The highest BCUT2D eigenvalue weighted by Gasteiger charge is 2.19. The van der Waals surface area contributed by atoms with Crippen LogP contribution in [-0.2, 0) is 10.8 Å². The fourth-order valence-electron chi connectivity index (χ4n) is 1.86. The van der Waals surface area contributed by atoms with Gasteiger partial charge in [0.1, 0.15) is 5.69 Å². The van der Waals surface area contributed by atoms with Crippen LogP contribution >= 0.6 is 0 Å². The molecule has 2 atom stereocenters. The second-order valence-electron chi connectivity index (χ2n) is 4.97. The molecule has 7 nitrogen and oxygen atoms in total. The summed E-state index contributed by atoms with van der Waals surface area (Å²) in [5.74, 6) is 0.128. The molecule has 0 saturated carbocycles. The van der Waals surface area contributed by atoms with E-state index in [1.165, 1.54) is 23.1 Å². The zero-order chi connectivity index (χ0) is 16.2. The Hall–Kier alpha value is -1.96. The molecule has 0 spiro atoms. The van der Waals surface area contributed by atoms with Crippen LogP contribution in [0.5, 0.6) is 0 Å². The molecule has 0 aliphatic rings. The van der Waals surface area contributed by atoms with Crippen molar-refractivity contribution in [2.24, 2.45) is 0 Å². The zero-order valence-corrected chi connectivity index (χ0v) is 13.3. The molecule has 8 heteroatoms. The van der Waals surface area contributed by atoms with E-state index in [0.29, 0.717) is 11.3 Å². The monoisotopic (exact) mass is 313 g/mol. The molecule has 0 aliphatic carbocycles. The molecule has 0 aliphatic heterocycles. The second-order valence-corrected chi connectivity index (χ2v) is 6.45. The van der Waals surface area contributed by atoms with Gasteiger partial charge in [0.15, 0.2) is 0 Å². The summed E-state index contributed by atoms with van der Waals surface area (Å²) in [6.07, 6.45) is 1.57. The summed E-state index contributed by atoms with van der Waals surface area (Å²) in [5, 5.41) is 14.0. The number of nitro groups is 1. The fraction of sp³-hybridized carbons (Fsp3) is 0.462. The predicted molar refractivity (Wildman–Crippen MR) is 83.1 cm³/mol. The summed E-state index contributed by atoms with van der Waals surface area (Å²) >= 11 is 0. The molecule has 1 rings (SSSR count). The second kappa shape index (κ2) is 7.16. The van der Waals surface area contributed by atoms with Crippen LogP contribution in [0.4, 0.5) is 11.4 Å². The van der Waals surface area contributed by atoms with Crippen molar-refractivity contribution < 1.29 is 13.9 Å².